The van der Waals surface area contributed by atoms with E-state index in [0.29, 0.717) is 23.0 Å². The summed E-state index contributed by atoms with van der Waals surface area (Å²) in [5.41, 5.74) is 0.819. The van der Waals surface area contributed by atoms with Gasteiger partial charge >= 0.3 is 11.8 Å². The third kappa shape index (κ3) is 3.15. The molecule has 2 N–H and O–H groups in total. The summed E-state index contributed by atoms with van der Waals surface area (Å²) in [5, 5.41) is 14.1. The van der Waals surface area contributed by atoms with Gasteiger partial charge in [-0.15, -0.1) is 0 Å². The molecule has 2 unspecified atom stereocenters. The lowest BCUT2D eigenvalue weighted by atomic mass is 9.65. The van der Waals surface area contributed by atoms with Crippen molar-refractivity contribution < 1.29 is 14.7 Å². The number of hydrogen-bond acceptors (Lipinski definition) is 3. The van der Waals surface area contributed by atoms with Gasteiger partial charge in [-0.05, 0) is 42.2 Å². The molecule has 4 rings (SSSR count). The van der Waals surface area contributed by atoms with Gasteiger partial charge in [-0.2, -0.15) is 0 Å². The molecule has 0 radical (unpaired) electrons. The Morgan fingerprint density at radius 2 is 1.78 bits per heavy atom. The van der Waals surface area contributed by atoms with Gasteiger partial charge in [0.25, 0.3) is 0 Å². The van der Waals surface area contributed by atoms with Crippen molar-refractivity contribution in [3.63, 3.8) is 0 Å². The van der Waals surface area contributed by atoms with Crippen LogP contribution < -0.4 is 5.32 Å². The highest BCUT2D eigenvalue weighted by atomic mass is 16.3. The topological polar surface area (TPSA) is 69.6 Å². The lowest BCUT2D eigenvalue weighted by molar-refractivity contribution is -0.144. The van der Waals surface area contributed by atoms with Crippen molar-refractivity contribution in [1.82, 2.24) is 4.90 Å². The first-order valence-corrected chi connectivity index (χ1v) is 9.50. The van der Waals surface area contributed by atoms with Gasteiger partial charge in [0.1, 0.15) is 5.75 Å². The number of carbonyl (C=O) groups is 2. The lowest BCUT2D eigenvalue weighted by Gasteiger charge is -2.39. The van der Waals surface area contributed by atoms with Crippen LogP contribution in [0.25, 0.3) is 10.8 Å². The second kappa shape index (κ2) is 5.98. The van der Waals surface area contributed by atoms with Gasteiger partial charge in [-0.3, -0.25) is 9.59 Å². The number of aromatic hydroxyl groups is 1. The van der Waals surface area contributed by atoms with Gasteiger partial charge in [0.05, 0.1) is 0 Å². The molecule has 2 fully saturated rings. The highest BCUT2D eigenvalue weighted by Gasteiger charge is 2.51. The zero-order chi connectivity index (χ0) is 19.4. The quantitative estimate of drug-likeness (QED) is 0.752. The third-order valence-corrected chi connectivity index (χ3v) is 6.02. The zero-order valence-electron chi connectivity index (χ0n) is 16.1. The zero-order valence-corrected chi connectivity index (χ0v) is 16.1. The van der Waals surface area contributed by atoms with Crippen molar-refractivity contribution in [3.8, 4) is 5.75 Å². The molecule has 2 aliphatic rings. The maximum absolute atomic E-state index is 12.9. The smallest absolute Gasteiger partial charge is 0.313 e. The number of fused-ring (bicyclic) bond motifs is 3. The number of hydrogen-bond donors (Lipinski definition) is 2. The molecule has 2 amide bonds. The first kappa shape index (κ1) is 17.8. The number of carbonyl (C=O) groups excluding carboxylic acids is 2. The maximum Gasteiger partial charge on any atom is 0.313 e. The van der Waals surface area contributed by atoms with E-state index in [4.69, 9.17) is 0 Å². The van der Waals surface area contributed by atoms with Crippen molar-refractivity contribution in [2.75, 3.05) is 11.9 Å². The first-order valence-electron chi connectivity index (χ1n) is 9.50. The molecule has 2 aromatic carbocycles. The van der Waals surface area contributed by atoms with Crippen LogP contribution in [-0.4, -0.2) is 34.4 Å². The summed E-state index contributed by atoms with van der Waals surface area (Å²) in [6.45, 7) is 7.35. The summed E-state index contributed by atoms with van der Waals surface area (Å²) in [6, 6.07) is 10.6. The Balaban J connectivity index is 1.56. The molecule has 5 nitrogen and oxygen atoms in total. The summed E-state index contributed by atoms with van der Waals surface area (Å²) in [7, 11) is 0. The number of likely N-dealkylation sites (tertiary alicyclic amines) is 1. The average Bonchev–Trinajstić information content (AvgIpc) is 2.84. The third-order valence-electron chi connectivity index (χ3n) is 6.02. The number of rotatable bonds is 1. The van der Waals surface area contributed by atoms with Gasteiger partial charge < -0.3 is 15.3 Å². The molecule has 2 atom stereocenters. The van der Waals surface area contributed by atoms with Crippen molar-refractivity contribution in [2.45, 2.75) is 46.1 Å². The number of nitrogens with zero attached hydrogens (tertiary/aromatic N) is 1. The van der Waals surface area contributed by atoms with E-state index < -0.39 is 11.8 Å². The van der Waals surface area contributed by atoms with E-state index in [1.807, 2.05) is 6.07 Å². The van der Waals surface area contributed by atoms with Crippen LogP contribution in [0.4, 0.5) is 5.69 Å². The molecule has 1 heterocycles. The Bertz CT molecular complexity index is 936. The van der Waals surface area contributed by atoms with Crippen LogP contribution in [0.15, 0.2) is 36.4 Å². The van der Waals surface area contributed by atoms with Gasteiger partial charge in [0, 0.05) is 29.0 Å². The molecule has 27 heavy (non-hydrogen) atoms. The summed E-state index contributed by atoms with van der Waals surface area (Å²) < 4.78 is 0. The summed E-state index contributed by atoms with van der Waals surface area (Å²) >= 11 is 0. The van der Waals surface area contributed by atoms with Crippen LogP contribution in [0, 0.1) is 10.8 Å². The summed E-state index contributed by atoms with van der Waals surface area (Å²) in [6.07, 6.45) is 2.98. The molecule has 5 heteroatoms. The number of amides is 2. The normalized spacial score (nSPS) is 26.2. The minimum Gasteiger partial charge on any atom is -0.507 e. The van der Waals surface area contributed by atoms with Crippen LogP contribution >= 0.6 is 0 Å². The predicted molar refractivity (Wildman–Crippen MR) is 105 cm³/mol. The number of anilines is 1. The fraction of sp³-hybridized carbons (Fsp3) is 0.455. The number of phenols is 1. The standard InChI is InChI=1S/C22H26N2O3/c1-21(2)10-14-11-22(3,12-21)13-24(14)20(27)19(26)23-17-8-4-7-16-15(17)6-5-9-18(16)25/h4-9,14,25H,10-13H2,1-3H3,(H,23,26). The van der Waals surface area contributed by atoms with E-state index >= 15 is 0 Å². The molecule has 1 aliphatic heterocycles. The minimum atomic E-state index is -0.611. The monoisotopic (exact) mass is 366 g/mol. The van der Waals surface area contributed by atoms with Crippen LogP contribution in [0.5, 0.6) is 5.75 Å². The Labute approximate surface area is 159 Å². The van der Waals surface area contributed by atoms with Gasteiger partial charge in [-0.25, -0.2) is 0 Å². The molecule has 142 valence electrons. The number of phenolic OH excluding ortho intramolecular Hbond substituents is 1. The Morgan fingerprint density at radius 3 is 2.56 bits per heavy atom. The Kier molecular flexibility index (Phi) is 3.95. The van der Waals surface area contributed by atoms with Crippen molar-refractivity contribution in [3.05, 3.63) is 36.4 Å². The lowest BCUT2D eigenvalue weighted by Crippen LogP contribution is -2.43. The predicted octanol–water partition coefficient (Wildman–Crippen LogP) is 3.91. The van der Waals surface area contributed by atoms with E-state index in [1.165, 1.54) is 0 Å². The molecule has 1 aliphatic carbocycles. The number of benzene rings is 2. The largest absolute Gasteiger partial charge is 0.507 e. The van der Waals surface area contributed by atoms with Crippen molar-refractivity contribution in [2.24, 2.45) is 10.8 Å². The molecule has 2 bridgehead atoms. The molecule has 2 aromatic rings. The molecule has 1 saturated heterocycles. The van der Waals surface area contributed by atoms with E-state index in [9.17, 15) is 14.7 Å². The van der Waals surface area contributed by atoms with E-state index in [2.05, 4.69) is 26.1 Å². The maximum atomic E-state index is 12.9. The van der Waals surface area contributed by atoms with Crippen LogP contribution in [0.3, 0.4) is 0 Å². The van der Waals surface area contributed by atoms with Gasteiger partial charge in [0.2, 0.25) is 0 Å². The fourth-order valence-electron chi connectivity index (χ4n) is 5.41. The molecular formula is C22H26N2O3. The SMILES string of the molecule is CC1(C)CC2CC(C)(CN2C(=O)C(=O)Nc2cccc3c(O)cccc23)C1. The van der Waals surface area contributed by atoms with E-state index in [1.54, 1.807) is 35.2 Å². The van der Waals surface area contributed by atoms with Crippen molar-refractivity contribution in [1.29, 1.82) is 0 Å². The molecular weight excluding hydrogens is 340 g/mol. The Morgan fingerprint density at radius 1 is 1.07 bits per heavy atom. The fourth-order valence-corrected chi connectivity index (χ4v) is 5.41. The summed E-state index contributed by atoms with van der Waals surface area (Å²) in [5.74, 6) is -0.920. The van der Waals surface area contributed by atoms with E-state index in [0.717, 1.165) is 19.3 Å². The average molecular weight is 366 g/mol. The minimum absolute atomic E-state index is 0.0909. The first-order chi connectivity index (χ1) is 12.7. The van der Waals surface area contributed by atoms with Crippen LogP contribution in [0.1, 0.15) is 40.0 Å². The van der Waals surface area contributed by atoms with Crippen LogP contribution in [0.2, 0.25) is 0 Å². The second-order valence-corrected chi connectivity index (χ2v) is 9.28. The highest BCUT2D eigenvalue weighted by molar-refractivity contribution is 6.40. The number of nitrogens with one attached hydrogen (secondary N) is 1. The van der Waals surface area contributed by atoms with Gasteiger partial charge in [-0.1, -0.05) is 45.0 Å². The molecule has 0 aromatic heterocycles. The highest BCUT2D eigenvalue weighted by Crippen LogP contribution is 2.52. The Hall–Kier alpha value is -2.56. The van der Waals surface area contributed by atoms with E-state index in [-0.39, 0.29) is 22.6 Å². The van der Waals surface area contributed by atoms with Gasteiger partial charge in [0.15, 0.2) is 0 Å². The molecule has 1 saturated carbocycles. The second-order valence-electron chi connectivity index (χ2n) is 9.28. The molecule has 0 spiro atoms. The van der Waals surface area contributed by atoms with Crippen molar-refractivity contribution >= 4 is 28.3 Å². The summed E-state index contributed by atoms with van der Waals surface area (Å²) in [4.78, 5) is 27.4. The van der Waals surface area contributed by atoms with Crippen LogP contribution in [-0.2, 0) is 9.59 Å².